The molecule has 0 fully saturated rings. The van der Waals surface area contributed by atoms with E-state index in [-0.39, 0.29) is 17.5 Å². The van der Waals surface area contributed by atoms with Crippen LogP contribution < -0.4 is 5.56 Å². The molecule has 1 aromatic carbocycles. The molecule has 24 heavy (non-hydrogen) atoms. The smallest absolute Gasteiger partial charge is 0.254 e. The van der Waals surface area contributed by atoms with E-state index in [2.05, 4.69) is 17.1 Å². The number of hydrogen-bond donors (Lipinski definition) is 1. The van der Waals surface area contributed by atoms with E-state index in [0.717, 1.165) is 17.6 Å². The molecule has 5 nitrogen and oxygen atoms in total. The number of rotatable bonds is 1. The lowest BCUT2D eigenvalue weighted by molar-refractivity contribution is 0.0674. The first kappa shape index (κ1) is 14.8. The number of carbonyl (C=O) groups excluding carboxylic acids is 1. The van der Waals surface area contributed by atoms with E-state index < -0.39 is 0 Å². The molecular formula is C19H19N3O2. The predicted octanol–water partition coefficient (Wildman–Crippen LogP) is 2.63. The summed E-state index contributed by atoms with van der Waals surface area (Å²) in [5, 5.41) is 1.24. The van der Waals surface area contributed by atoms with Crippen molar-refractivity contribution in [3.63, 3.8) is 0 Å². The number of hydrogen-bond acceptors (Lipinski definition) is 2. The Morgan fingerprint density at radius 2 is 2.04 bits per heavy atom. The van der Waals surface area contributed by atoms with Crippen LogP contribution in [0.15, 0.2) is 47.4 Å². The molecule has 1 atom stereocenters. The monoisotopic (exact) mass is 321 g/mol. The number of amides is 1. The zero-order valence-corrected chi connectivity index (χ0v) is 13.7. The molecular weight excluding hydrogens is 302 g/mol. The Morgan fingerprint density at radius 1 is 1.25 bits per heavy atom. The highest BCUT2D eigenvalue weighted by atomic mass is 16.2. The van der Waals surface area contributed by atoms with Gasteiger partial charge in [-0.05, 0) is 31.0 Å². The van der Waals surface area contributed by atoms with Gasteiger partial charge in [-0.3, -0.25) is 9.59 Å². The maximum absolute atomic E-state index is 12.9. The van der Waals surface area contributed by atoms with Gasteiger partial charge >= 0.3 is 0 Å². The van der Waals surface area contributed by atoms with Crippen molar-refractivity contribution in [1.29, 1.82) is 0 Å². The molecule has 0 spiro atoms. The van der Waals surface area contributed by atoms with Crippen molar-refractivity contribution in [3.8, 4) is 0 Å². The number of para-hydroxylation sites is 1. The van der Waals surface area contributed by atoms with Crippen molar-refractivity contribution in [3.05, 3.63) is 69.8 Å². The average Bonchev–Trinajstić information content (AvgIpc) is 2.97. The SMILES string of the molecule is C[C@@H]1c2[nH]c3ccccc3c2CCN1C(=O)c1ccn(C)c(=O)c1. The molecule has 0 radical (unpaired) electrons. The first-order chi connectivity index (χ1) is 11.6. The van der Waals surface area contributed by atoms with Crippen molar-refractivity contribution >= 4 is 16.8 Å². The molecule has 3 aromatic rings. The maximum atomic E-state index is 12.9. The van der Waals surface area contributed by atoms with Crippen LogP contribution in [0.2, 0.25) is 0 Å². The molecule has 1 aliphatic heterocycles. The van der Waals surface area contributed by atoms with Gasteiger partial charge < -0.3 is 14.5 Å². The molecule has 0 unspecified atom stereocenters. The molecule has 1 N–H and O–H groups in total. The van der Waals surface area contributed by atoms with Gasteiger partial charge in [-0.1, -0.05) is 18.2 Å². The minimum atomic E-state index is -0.170. The second-order valence-corrected chi connectivity index (χ2v) is 6.35. The van der Waals surface area contributed by atoms with E-state index in [1.54, 1.807) is 19.3 Å². The fourth-order valence-electron chi connectivity index (χ4n) is 3.55. The summed E-state index contributed by atoms with van der Waals surface area (Å²) in [7, 11) is 1.68. The number of nitrogens with one attached hydrogen (secondary N) is 1. The molecule has 0 bridgehead atoms. The van der Waals surface area contributed by atoms with Gasteiger partial charge in [0.1, 0.15) is 0 Å². The standard InChI is InChI=1S/C19H19N3O2/c1-12-18-15(14-5-3-4-6-16(14)20-18)8-10-22(12)19(24)13-7-9-21(2)17(23)11-13/h3-7,9,11-12,20H,8,10H2,1-2H3/t12-/m1/s1. The van der Waals surface area contributed by atoms with Gasteiger partial charge in [0.2, 0.25) is 0 Å². The molecule has 5 heteroatoms. The summed E-state index contributed by atoms with van der Waals surface area (Å²) < 4.78 is 1.46. The lowest BCUT2D eigenvalue weighted by atomic mass is 9.97. The highest BCUT2D eigenvalue weighted by Crippen LogP contribution is 2.34. The van der Waals surface area contributed by atoms with E-state index in [9.17, 15) is 9.59 Å². The normalized spacial score (nSPS) is 17.1. The van der Waals surface area contributed by atoms with Crippen molar-refractivity contribution in [2.24, 2.45) is 7.05 Å². The molecule has 4 rings (SSSR count). The van der Waals surface area contributed by atoms with Crippen LogP contribution in [0.4, 0.5) is 0 Å². The molecule has 122 valence electrons. The number of H-pyrrole nitrogens is 1. The van der Waals surface area contributed by atoms with Gasteiger partial charge in [-0.2, -0.15) is 0 Å². The van der Waals surface area contributed by atoms with Gasteiger partial charge in [0.25, 0.3) is 11.5 Å². The quantitative estimate of drug-likeness (QED) is 0.749. The number of aromatic nitrogens is 2. The molecule has 2 aromatic heterocycles. The van der Waals surface area contributed by atoms with E-state index in [1.807, 2.05) is 24.0 Å². The summed E-state index contributed by atoms with van der Waals surface area (Å²) in [6, 6.07) is 11.3. The zero-order chi connectivity index (χ0) is 16.8. The second-order valence-electron chi connectivity index (χ2n) is 6.35. The number of carbonyl (C=O) groups is 1. The lowest BCUT2D eigenvalue weighted by Crippen LogP contribution is -2.39. The third-order valence-corrected chi connectivity index (χ3v) is 4.95. The average molecular weight is 321 g/mol. The van der Waals surface area contributed by atoms with Crippen molar-refractivity contribution < 1.29 is 4.79 Å². The molecule has 1 aliphatic rings. The Balaban J connectivity index is 1.72. The van der Waals surface area contributed by atoms with Crippen LogP contribution >= 0.6 is 0 Å². The predicted molar refractivity (Wildman–Crippen MR) is 93.1 cm³/mol. The van der Waals surface area contributed by atoms with Gasteiger partial charge in [0.05, 0.1) is 6.04 Å². The number of aromatic amines is 1. The second kappa shape index (κ2) is 5.37. The van der Waals surface area contributed by atoms with Crippen molar-refractivity contribution in [2.75, 3.05) is 6.54 Å². The van der Waals surface area contributed by atoms with Crippen molar-refractivity contribution in [2.45, 2.75) is 19.4 Å². The minimum Gasteiger partial charge on any atom is -0.356 e. The van der Waals surface area contributed by atoms with Crippen LogP contribution in [-0.4, -0.2) is 26.9 Å². The van der Waals surface area contributed by atoms with Gasteiger partial charge in [0.15, 0.2) is 0 Å². The molecule has 0 saturated carbocycles. The van der Waals surface area contributed by atoms with E-state index in [4.69, 9.17) is 0 Å². The Hall–Kier alpha value is -2.82. The van der Waals surface area contributed by atoms with Crippen molar-refractivity contribution in [1.82, 2.24) is 14.5 Å². The summed E-state index contributed by atoms with van der Waals surface area (Å²) in [4.78, 5) is 30.0. The summed E-state index contributed by atoms with van der Waals surface area (Å²) in [6.45, 7) is 2.69. The molecule has 0 saturated heterocycles. The lowest BCUT2D eigenvalue weighted by Gasteiger charge is -2.33. The first-order valence-corrected chi connectivity index (χ1v) is 8.13. The fraction of sp³-hybridized carbons (Fsp3) is 0.263. The van der Waals surface area contributed by atoms with Gasteiger partial charge in [-0.15, -0.1) is 0 Å². The van der Waals surface area contributed by atoms with Gasteiger partial charge in [-0.25, -0.2) is 0 Å². The fourth-order valence-corrected chi connectivity index (χ4v) is 3.55. The van der Waals surface area contributed by atoms with Gasteiger partial charge in [0, 0.05) is 48.0 Å². The number of nitrogens with zero attached hydrogens (tertiary/aromatic N) is 2. The highest BCUT2D eigenvalue weighted by molar-refractivity contribution is 5.95. The van der Waals surface area contributed by atoms with E-state index in [0.29, 0.717) is 12.1 Å². The summed E-state index contributed by atoms with van der Waals surface area (Å²) in [5.41, 5.74) is 3.78. The Bertz CT molecular complexity index is 999. The van der Waals surface area contributed by atoms with Crippen LogP contribution in [-0.2, 0) is 13.5 Å². The van der Waals surface area contributed by atoms with Crippen LogP contribution in [0.3, 0.4) is 0 Å². The van der Waals surface area contributed by atoms with Crippen LogP contribution in [0.1, 0.15) is 34.6 Å². The van der Waals surface area contributed by atoms with Crippen LogP contribution in [0, 0.1) is 0 Å². The third kappa shape index (κ3) is 2.16. The zero-order valence-electron chi connectivity index (χ0n) is 13.7. The van der Waals surface area contributed by atoms with E-state index >= 15 is 0 Å². The minimum absolute atomic E-state index is 0.0438. The maximum Gasteiger partial charge on any atom is 0.254 e. The summed E-state index contributed by atoms with van der Waals surface area (Å²) >= 11 is 0. The molecule has 1 amide bonds. The largest absolute Gasteiger partial charge is 0.356 e. The third-order valence-electron chi connectivity index (χ3n) is 4.95. The number of fused-ring (bicyclic) bond motifs is 3. The Labute approximate surface area is 139 Å². The molecule has 3 heterocycles. The first-order valence-electron chi connectivity index (χ1n) is 8.13. The number of benzene rings is 1. The van der Waals surface area contributed by atoms with E-state index in [1.165, 1.54) is 21.6 Å². The Kier molecular flexibility index (Phi) is 3.30. The summed E-state index contributed by atoms with van der Waals surface area (Å²) in [5.74, 6) is -0.0930. The Morgan fingerprint density at radius 3 is 2.83 bits per heavy atom. The summed E-state index contributed by atoms with van der Waals surface area (Å²) in [6.07, 6.45) is 2.46. The van der Waals surface area contributed by atoms with Crippen LogP contribution in [0.5, 0.6) is 0 Å². The number of aryl methyl sites for hydroxylation is 1. The van der Waals surface area contributed by atoms with Crippen LogP contribution in [0.25, 0.3) is 10.9 Å². The molecule has 0 aliphatic carbocycles. The topological polar surface area (TPSA) is 58.1 Å². The number of pyridine rings is 1. The highest BCUT2D eigenvalue weighted by Gasteiger charge is 2.30.